The molecule has 0 radical (unpaired) electrons. The Labute approximate surface area is 118 Å². The van der Waals surface area contributed by atoms with E-state index in [1.54, 1.807) is 19.3 Å². The van der Waals surface area contributed by atoms with E-state index >= 15 is 0 Å². The Morgan fingerprint density at radius 1 is 0.722 bits per heavy atom. The number of hydrogen-bond donors (Lipinski definition) is 0. The van der Waals surface area contributed by atoms with Crippen molar-refractivity contribution in [2.75, 3.05) is 0 Å². The molecule has 0 aromatic carbocycles. The minimum Gasteiger partial charge on any atom is -0.101 e. The molecule has 0 aromatic heterocycles. The van der Waals surface area contributed by atoms with Gasteiger partial charge in [-0.15, -0.1) is 23.2 Å². The van der Waals surface area contributed by atoms with Gasteiger partial charge in [0, 0.05) is 11.8 Å². The third-order valence-electron chi connectivity index (χ3n) is 8.82. The topological polar surface area (TPSA) is 0 Å². The molecule has 7 rings (SSSR count). The van der Waals surface area contributed by atoms with Crippen molar-refractivity contribution in [2.24, 2.45) is 58.2 Å². The van der Waals surface area contributed by atoms with Gasteiger partial charge in [0.15, 0.2) is 0 Å². The highest BCUT2D eigenvalue weighted by Gasteiger charge is 2.93. The molecule has 96 valence electrons. The summed E-state index contributed by atoms with van der Waals surface area (Å²) >= 11 is 13.4. The van der Waals surface area contributed by atoms with Crippen LogP contribution in [0.2, 0.25) is 0 Å². The van der Waals surface area contributed by atoms with Crippen LogP contribution in [-0.4, -0.2) is 4.33 Å². The van der Waals surface area contributed by atoms with Crippen LogP contribution in [0, 0.1) is 58.2 Å². The molecule has 7 aliphatic carbocycles. The van der Waals surface area contributed by atoms with Crippen molar-refractivity contribution < 1.29 is 0 Å². The van der Waals surface area contributed by atoms with Crippen molar-refractivity contribution in [2.45, 2.75) is 36.4 Å². The maximum atomic E-state index is 6.68. The fourth-order valence-electron chi connectivity index (χ4n) is 8.46. The Kier molecular flexibility index (Phi) is 1.13. The molecule has 2 bridgehead atoms. The van der Waals surface area contributed by atoms with Crippen LogP contribution in [0.25, 0.3) is 0 Å². The first-order valence-electron chi connectivity index (χ1n) is 8.01. The van der Waals surface area contributed by atoms with Crippen LogP contribution in [0.1, 0.15) is 32.1 Å². The molecule has 8 unspecified atom stereocenters. The van der Waals surface area contributed by atoms with Crippen LogP contribution in [0.4, 0.5) is 0 Å². The Morgan fingerprint density at radius 3 is 2.06 bits per heavy atom. The minimum absolute atomic E-state index is 0.303. The molecule has 7 saturated carbocycles. The van der Waals surface area contributed by atoms with Crippen LogP contribution in [0.3, 0.4) is 0 Å². The number of rotatable bonds is 0. The van der Waals surface area contributed by atoms with Crippen LogP contribution in [-0.2, 0) is 0 Å². The van der Waals surface area contributed by atoms with Crippen LogP contribution < -0.4 is 0 Å². The van der Waals surface area contributed by atoms with Gasteiger partial charge in [0.25, 0.3) is 0 Å². The van der Waals surface area contributed by atoms with Crippen LogP contribution >= 0.6 is 23.2 Å². The van der Waals surface area contributed by atoms with Gasteiger partial charge >= 0.3 is 0 Å². The summed E-state index contributed by atoms with van der Waals surface area (Å²) in [6.45, 7) is 0. The van der Waals surface area contributed by atoms with E-state index < -0.39 is 0 Å². The lowest BCUT2D eigenvalue weighted by Crippen LogP contribution is -2.32. The first kappa shape index (κ1) is 9.50. The lowest BCUT2D eigenvalue weighted by molar-refractivity contribution is 0.146. The summed E-state index contributed by atoms with van der Waals surface area (Å²) in [5.41, 5.74) is 1.50. The van der Waals surface area contributed by atoms with Gasteiger partial charge in [-0.1, -0.05) is 0 Å². The standard InChI is InChI=1S/C16H18Cl2/c17-16(18)12-8-9-6-5-7(6)10(14(9)1-2-14)11(8)15(3-4-15)13(12)16/h6-13H,1-5H2. The molecule has 2 spiro atoms. The second-order valence-corrected chi connectivity index (χ2v) is 10.3. The highest BCUT2D eigenvalue weighted by molar-refractivity contribution is 6.51. The van der Waals surface area contributed by atoms with Gasteiger partial charge in [0.2, 0.25) is 0 Å². The molecule has 8 atom stereocenters. The Morgan fingerprint density at radius 2 is 1.39 bits per heavy atom. The predicted octanol–water partition coefficient (Wildman–Crippen LogP) is 4.11. The Hall–Kier alpha value is 0.580. The summed E-state index contributed by atoms with van der Waals surface area (Å²) in [7, 11) is 0. The first-order chi connectivity index (χ1) is 8.63. The lowest BCUT2D eigenvalue weighted by atomic mass is 9.72. The van der Waals surface area contributed by atoms with E-state index in [0.717, 1.165) is 40.9 Å². The van der Waals surface area contributed by atoms with Gasteiger partial charge in [-0.3, -0.25) is 0 Å². The molecule has 7 fully saturated rings. The SMILES string of the molecule is ClC1(Cl)C2C3C4C5CC5C(C3C3(CC3)C21)C41CC1. The molecule has 0 aliphatic heterocycles. The monoisotopic (exact) mass is 280 g/mol. The van der Waals surface area contributed by atoms with E-state index in [-0.39, 0.29) is 4.33 Å². The van der Waals surface area contributed by atoms with Gasteiger partial charge in [0.05, 0.1) is 0 Å². The zero-order valence-corrected chi connectivity index (χ0v) is 11.9. The van der Waals surface area contributed by atoms with E-state index in [4.69, 9.17) is 23.2 Å². The first-order valence-corrected chi connectivity index (χ1v) is 8.76. The highest BCUT2D eigenvalue weighted by Crippen LogP contribution is 2.97. The third kappa shape index (κ3) is 0.652. The Balaban J connectivity index is 1.47. The van der Waals surface area contributed by atoms with E-state index in [9.17, 15) is 0 Å². The van der Waals surface area contributed by atoms with Crippen molar-refractivity contribution in [3.05, 3.63) is 0 Å². The normalized spacial score (nSPS) is 71.0. The van der Waals surface area contributed by atoms with Gasteiger partial charge in [-0.2, -0.15) is 0 Å². The number of hydrogen-bond acceptors (Lipinski definition) is 0. The molecule has 0 saturated heterocycles. The second kappa shape index (κ2) is 2.13. The molecular formula is C16H18Cl2. The molecule has 18 heavy (non-hydrogen) atoms. The predicted molar refractivity (Wildman–Crippen MR) is 70.3 cm³/mol. The smallest absolute Gasteiger partial charge is 0.101 e. The maximum Gasteiger partial charge on any atom is 0.125 e. The molecule has 7 aliphatic rings. The average molecular weight is 281 g/mol. The van der Waals surface area contributed by atoms with E-state index in [0.29, 0.717) is 17.3 Å². The van der Waals surface area contributed by atoms with Crippen molar-refractivity contribution in [3.63, 3.8) is 0 Å². The van der Waals surface area contributed by atoms with Crippen LogP contribution in [0.15, 0.2) is 0 Å². The number of alkyl halides is 2. The highest BCUT2D eigenvalue weighted by atomic mass is 35.5. The summed E-state index contributed by atoms with van der Waals surface area (Å²) in [6.07, 6.45) is 7.64. The molecule has 0 heterocycles. The summed E-state index contributed by atoms with van der Waals surface area (Å²) in [5, 5.41) is 0. The summed E-state index contributed by atoms with van der Waals surface area (Å²) in [5.74, 6) is 7.95. The second-order valence-electron chi connectivity index (χ2n) is 8.86. The van der Waals surface area contributed by atoms with E-state index in [1.807, 2.05) is 0 Å². The summed E-state index contributed by atoms with van der Waals surface area (Å²) in [4.78, 5) is 0. The largest absolute Gasteiger partial charge is 0.125 e. The Bertz CT molecular complexity index is 515. The molecule has 2 heteroatoms. The van der Waals surface area contributed by atoms with Crippen LogP contribution in [0.5, 0.6) is 0 Å². The molecule has 0 N–H and O–H groups in total. The fraction of sp³-hybridized carbons (Fsp3) is 1.00. The van der Waals surface area contributed by atoms with E-state index in [1.165, 1.54) is 12.8 Å². The number of fused-ring (bicyclic) bond motifs is 10. The van der Waals surface area contributed by atoms with Gasteiger partial charge in [0.1, 0.15) is 4.33 Å². The van der Waals surface area contributed by atoms with Gasteiger partial charge < -0.3 is 0 Å². The minimum atomic E-state index is -0.303. The quantitative estimate of drug-likeness (QED) is 0.586. The molecular weight excluding hydrogens is 263 g/mol. The summed E-state index contributed by atoms with van der Waals surface area (Å²) < 4.78 is -0.303. The van der Waals surface area contributed by atoms with Crippen molar-refractivity contribution in [3.8, 4) is 0 Å². The van der Waals surface area contributed by atoms with Crippen molar-refractivity contribution >= 4 is 23.2 Å². The lowest BCUT2D eigenvalue weighted by Gasteiger charge is -2.34. The zero-order chi connectivity index (χ0) is 11.7. The average Bonchev–Trinajstić information content (AvgIpc) is 3.12. The van der Waals surface area contributed by atoms with Gasteiger partial charge in [-0.25, -0.2) is 0 Å². The fourth-order valence-corrected chi connectivity index (χ4v) is 9.58. The molecule has 0 nitrogen and oxygen atoms in total. The van der Waals surface area contributed by atoms with Gasteiger partial charge in [-0.05, 0) is 78.4 Å². The zero-order valence-electron chi connectivity index (χ0n) is 10.4. The van der Waals surface area contributed by atoms with E-state index in [2.05, 4.69) is 0 Å². The third-order valence-corrected chi connectivity index (χ3v) is 9.79. The number of halogens is 2. The maximum absolute atomic E-state index is 6.68. The van der Waals surface area contributed by atoms with Crippen molar-refractivity contribution in [1.29, 1.82) is 0 Å². The molecule has 0 aromatic rings. The summed E-state index contributed by atoms with van der Waals surface area (Å²) in [6, 6.07) is 0. The van der Waals surface area contributed by atoms with Crippen molar-refractivity contribution in [1.82, 2.24) is 0 Å². The molecule has 0 amide bonds.